The van der Waals surface area contributed by atoms with Crippen molar-refractivity contribution in [3.63, 3.8) is 0 Å². The molecule has 0 amide bonds. The van der Waals surface area contributed by atoms with Gasteiger partial charge in [-0.05, 0) is 55.7 Å². The van der Waals surface area contributed by atoms with Gasteiger partial charge in [0.25, 0.3) is 0 Å². The summed E-state index contributed by atoms with van der Waals surface area (Å²) >= 11 is 0. The van der Waals surface area contributed by atoms with Crippen LogP contribution in [-0.2, 0) is 0 Å². The smallest absolute Gasteiger partial charge is 0.171 e. The van der Waals surface area contributed by atoms with Crippen molar-refractivity contribution < 1.29 is 0 Å². The molecule has 6 rings (SSSR count). The molecule has 308 valence electrons. The molecule has 0 radical (unpaired) electrons. The second-order valence-electron chi connectivity index (χ2n) is 19.4. The monoisotopic (exact) mass is 885 g/mol. The zero-order valence-corrected chi connectivity index (χ0v) is 42.8. The van der Waals surface area contributed by atoms with Crippen LogP contribution in [0.15, 0.2) is 195 Å². The standard InChI is InChI=1S/C50H66N3P3Si3/c1-50(41-54(51-57(2,3)4,44-29-17-11-18-30-44)45-31-19-12-20-32-45,42-55(52-58(5,6)7,46-33-21-13-22-34-46)47-35-23-14-24-36-47)43-56(53-59(8,9)10,48-37-25-15-26-38-48)49-39-27-16-28-40-49/h11-40H,41-43H2,1-10H3. The highest BCUT2D eigenvalue weighted by molar-refractivity contribution is 7.84. The number of nitrogens with zero attached hydrogens (tertiary/aromatic N) is 3. The van der Waals surface area contributed by atoms with Gasteiger partial charge in [0, 0.05) is 21.2 Å². The van der Waals surface area contributed by atoms with Crippen LogP contribution >= 0.6 is 21.2 Å². The Bertz CT molecular complexity index is 2030. The van der Waals surface area contributed by atoms with Crippen molar-refractivity contribution >= 4 is 77.7 Å². The van der Waals surface area contributed by atoms with Crippen molar-refractivity contribution in [1.29, 1.82) is 0 Å². The maximum absolute atomic E-state index is 6.30. The number of rotatable bonds is 15. The summed E-state index contributed by atoms with van der Waals surface area (Å²) in [4.78, 5) is 0. The first-order chi connectivity index (χ1) is 27.9. The Morgan fingerprint density at radius 2 is 0.458 bits per heavy atom. The van der Waals surface area contributed by atoms with Crippen molar-refractivity contribution in [2.45, 2.75) is 65.8 Å². The van der Waals surface area contributed by atoms with Gasteiger partial charge >= 0.3 is 0 Å². The molecule has 0 aromatic heterocycles. The third kappa shape index (κ3) is 11.1. The molecule has 0 aliphatic heterocycles. The lowest BCUT2D eigenvalue weighted by Crippen LogP contribution is -2.41. The Hall–Kier alpha value is -3.34. The molecule has 0 saturated heterocycles. The molecular weight excluding hydrogens is 820 g/mol. The summed E-state index contributed by atoms with van der Waals surface area (Å²) in [6.45, 7) is 24.5. The lowest BCUT2D eigenvalue weighted by Gasteiger charge is -2.46. The largest absolute Gasteiger partial charge is 0.329 e. The number of benzene rings is 6. The summed E-state index contributed by atoms with van der Waals surface area (Å²) in [6.07, 6.45) is 2.80. The van der Waals surface area contributed by atoms with Gasteiger partial charge in [-0.3, -0.25) is 0 Å². The maximum atomic E-state index is 6.30. The lowest BCUT2D eigenvalue weighted by molar-refractivity contribution is 0.494. The van der Waals surface area contributed by atoms with Gasteiger partial charge in [-0.15, -0.1) is 0 Å². The van der Waals surface area contributed by atoms with Crippen LogP contribution in [0.1, 0.15) is 6.92 Å². The van der Waals surface area contributed by atoms with Crippen LogP contribution in [0, 0.1) is 5.41 Å². The van der Waals surface area contributed by atoms with Crippen LogP contribution in [0.3, 0.4) is 0 Å². The predicted molar refractivity (Wildman–Crippen MR) is 277 cm³/mol. The molecule has 6 aromatic carbocycles. The first-order valence-corrected chi connectivity index (χ1v) is 37.2. The van der Waals surface area contributed by atoms with Gasteiger partial charge in [-0.1, -0.05) is 248 Å². The molecule has 3 nitrogen and oxygen atoms in total. The highest BCUT2D eigenvalue weighted by Gasteiger charge is 2.46. The van der Waals surface area contributed by atoms with Crippen molar-refractivity contribution in [3.8, 4) is 0 Å². The summed E-state index contributed by atoms with van der Waals surface area (Å²) in [5, 5.41) is 8.23. The zero-order valence-electron chi connectivity index (χ0n) is 37.1. The summed E-state index contributed by atoms with van der Waals surface area (Å²) < 4.78 is 18.9. The van der Waals surface area contributed by atoms with E-state index >= 15 is 0 Å². The Balaban J connectivity index is 1.82. The van der Waals surface area contributed by atoms with E-state index in [9.17, 15) is 0 Å². The molecule has 0 spiro atoms. The van der Waals surface area contributed by atoms with Crippen LogP contribution in [0.25, 0.3) is 0 Å². The van der Waals surface area contributed by atoms with Crippen LogP contribution in [0.5, 0.6) is 0 Å². The van der Waals surface area contributed by atoms with Crippen LogP contribution in [0.4, 0.5) is 0 Å². The highest BCUT2D eigenvalue weighted by atomic mass is 31.2. The van der Waals surface area contributed by atoms with E-state index in [0.717, 1.165) is 18.5 Å². The molecule has 6 aromatic rings. The fraction of sp³-hybridized carbons (Fsp3) is 0.280. The molecule has 59 heavy (non-hydrogen) atoms. The minimum atomic E-state index is -2.42. The summed E-state index contributed by atoms with van der Waals surface area (Å²) in [7, 11) is -13.4. The van der Waals surface area contributed by atoms with Gasteiger partial charge in [-0.2, -0.15) is 0 Å². The first kappa shape index (κ1) is 45.2. The average Bonchev–Trinajstić information content (AvgIpc) is 3.20. The van der Waals surface area contributed by atoms with Gasteiger partial charge in [0.1, 0.15) is 0 Å². The minimum Gasteiger partial charge on any atom is -0.329 e. The van der Waals surface area contributed by atoms with Crippen molar-refractivity contribution in [3.05, 3.63) is 182 Å². The number of hydrogen-bond donors (Lipinski definition) is 0. The van der Waals surface area contributed by atoms with E-state index in [0.29, 0.717) is 0 Å². The van der Waals surface area contributed by atoms with E-state index in [4.69, 9.17) is 13.2 Å². The SMILES string of the molecule is CC(CP(=N[Si](C)(C)C)(c1ccccc1)c1ccccc1)(CP(=N[Si](C)(C)C)(c1ccccc1)c1ccccc1)CP(=N[Si](C)(C)C)(c1ccccc1)c1ccccc1. The molecule has 0 heterocycles. The van der Waals surface area contributed by atoms with Gasteiger partial charge in [-0.25, -0.2) is 0 Å². The molecule has 0 atom stereocenters. The first-order valence-electron chi connectivity index (χ1n) is 21.1. The van der Waals surface area contributed by atoms with Crippen molar-refractivity contribution in [2.24, 2.45) is 18.6 Å². The second kappa shape index (κ2) is 18.3. The summed E-state index contributed by atoms with van der Waals surface area (Å²) in [6, 6.07) is 68.5. The Kier molecular flexibility index (Phi) is 14.0. The van der Waals surface area contributed by atoms with Gasteiger partial charge < -0.3 is 13.2 Å². The van der Waals surface area contributed by atoms with E-state index in [1.165, 1.54) is 31.8 Å². The fourth-order valence-electron chi connectivity index (χ4n) is 8.84. The van der Waals surface area contributed by atoms with E-state index in [2.05, 4.69) is 248 Å². The van der Waals surface area contributed by atoms with Gasteiger partial charge in [0.05, 0.1) is 0 Å². The van der Waals surface area contributed by atoms with E-state index in [1.54, 1.807) is 0 Å². The fourth-order valence-corrected chi connectivity index (χ4v) is 35.2. The lowest BCUT2D eigenvalue weighted by atomic mass is 9.99. The Morgan fingerprint density at radius 1 is 0.305 bits per heavy atom. The topological polar surface area (TPSA) is 37.1 Å². The number of hydrogen-bond acceptors (Lipinski definition) is 3. The van der Waals surface area contributed by atoms with Crippen molar-refractivity contribution in [2.75, 3.05) is 18.5 Å². The predicted octanol–water partition coefficient (Wildman–Crippen LogP) is 13.1. The van der Waals surface area contributed by atoms with Crippen LogP contribution in [-0.4, -0.2) is 43.2 Å². The van der Waals surface area contributed by atoms with E-state index < -0.39 is 45.9 Å². The molecular formula is C50H66N3P3Si3. The third-order valence-corrected chi connectivity index (χ3v) is 32.2. The zero-order chi connectivity index (χ0) is 42.4. The molecule has 0 fully saturated rings. The Morgan fingerprint density at radius 3 is 0.593 bits per heavy atom. The molecule has 0 unspecified atom stereocenters. The van der Waals surface area contributed by atoms with Gasteiger partial charge in [0.2, 0.25) is 0 Å². The van der Waals surface area contributed by atoms with E-state index in [1.807, 2.05) is 0 Å². The van der Waals surface area contributed by atoms with Crippen LogP contribution < -0.4 is 31.8 Å². The summed E-state index contributed by atoms with van der Waals surface area (Å²) in [5.41, 5.74) is -0.284. The summed E-state index contributed by atoms with van der Waals surface area (Å²) in [5.74, 6) is 0. The molecule has 0 bridgehead atoms. The van der Waals surface area contributed by atoms with Crippen LogP contribution in [0.2, 0.25) is 58.9 Å². The van der Waals surface area contributed by atoms with Crippen molar-refractivity contribution in [1.82, 2.24) is 0 Å². The van der Waals surface area contributed by atoms with Gasteiger partial charge in [0.15, 0.2) is 24.7 Å². The average molecular weight is 886 g/mol. The quantitative estimate of drug-likeness (QED) is 0.0728. The second-order valence-corrected chi connectivity index (χ2v) is 43.5. The molecule has 0 saturated carbocycles. The maximum Gasteiger partial charge on any atom is 0.171 e. The molecule has 0 N–H and O–H groups in total. The third-order valence-electron chi connectivity index (χ3n) is 10.3. The molecule has 0 aliphatic rings. The molecule has 0 aliphatic carbocycles. The minimum absolute atomic E-state index is 0.284. The molecule has 9 heteroatoms. The normalized spacial score (nSPS) is 13.1. The highest BCUT2D eigenvalue weighted by Crippen LogP contribution is 2.64. The Labute approximate surface area is 360 Å². The van der Waals surface area contributed by atoms with E-state index in [-0.39, 0.29) is 5.41 Å².